The average molecular weight is 747 g/mol. The maximum Gasteiger partial charge on any atom is 0.149 e. The van der Waals surface area contributed by atoms with Crippen molar-refractivity contribution in [3.05, 3.63) is 57.6 Å². The summed E-state index contributed by atoms with van der Waals surface area (Å²) in [6.07, 6.45) is 0. The molecule has 0 amide bonds. The molecule has 2 aromatic carbocycles. The Labute approximate surface area is 258 Å². The Kier molecular flexibility index (Phi) is 10.2. The Balaban J connectivity index is 2.78. The highest BCUT2D eigenvalue weighted by Gasteiger charge is 2.35. The van der Waals surface area contributed by atoms with Crippen LogP contribution in [0.4, 0.5) is 0 Å². The molecule has 0 aliphatic rings. The maximum atomic E-state index is 14.4. The molecule has 0 saturated heterocycles. The number of hydrogen-bond acceptors (Lipinski definition) is 3. The van der Waals surface area contributed by atoms with Gasteiger partial charge in [0.05, 0.1) is 11.8 Å². The van der Waals surface area contributed by atoms with E-state index in [4.69, 9.17) is 0 Å². The van der Waals surface area contributed by atoms with Crippen LogP contribution >= 0.6 is 45.2 Å². The predicted octanol–water partition coefficient (Wildman–Crippen LogP) is 9.59. The van der Waals surface area contributed by atoms with Crippen LogP contribution in [-0.2, 0) is 26.5 Å². The van der Waals surface area contributed by atoms with Gasteiger partial charge in [0.2, 0.25) is 0 Å². The van der Waals surface area contributed by atoms with Crippen molar-refractivity contribution in [1.29, 1.82) is 0 Å². The summed E-state index contributed by atoms with van der Waals surface area (Å²) in [5.41, 5.74) is 4.40. The zero-order valence-corrected chi connectivity index (χ0v) is 29.8. The van der Waals surface area contributed by atoms with Crippen molar-refractivity contribution in [2.24, 2.45) is 0 Å². The Bertz CT molecular complexity index is 1010. The molecule has 0 heterocycles. The minimum absolute atomic E-state index is 0.185. The van der Waals surface area contributed by atoms with Crippen molar-refractivity contribution in [3.8, 4) is 11.5 Å². The van der Waals surface area contributed by atoms with Gasteiger partial charge >= 0.3 is 0 Å². The fourth-order valence-corrected chi connectivity index (χ4v) is 6.79. The minimum atomic E-state index is -0.303. The molecule has 2 atom stereocenters. The Morgan fingerprint density at radius 3 is 0.947 bits per heavy atom. The summed E-state index contributed by atoms with van der Waals surface area (Å²) in [6.45, 7) is 25.2. The predicted molar refractivity (Wildman–Crippen MR) is 179 cm³/mol. The third-order valence-corrected chi connectivity index (χ3v) is 9.06. The highest BCUT2D eigenvalue weighted by Crippen LogP contribution is 2.44. The Hall–Kier alpha value is -0.830. The van der Waals surface area contributed by atoms with Gasteiger partial charge in [0.25, 0.3) is 0 Å². The van der Waals surface area contributed by atoms with Crippen LogP contribution in [0.3, 0.4) is 0 Å². The summed E-state index contributed by atoms with van der Waals surface area (Å²) in [4.78, 5) is 14.4. The van der Waals surface area contributed by atoms with Gasteiger partial charge in [-0.25, -0.2) is 0 Å². The molecule has 2 N–H and O–H groups in total. The zero-order chi connectivity index (χ0) is 29.6. The van der Waals surface area contributed by atoms with E-state index in [0.717, 1.165) is 33.4 Å². The number of carbonyl (C=O) groups is 1. The first-order valence-electron chi connectivity index (χ1n) is 13.5. The van der Waals surface area contributed by atoms with E-state index in [1.807, 2.05) is 24.3 Å². The normalized spacial score (nSPS) is 14.9. The number of alkyl halides is 2. The Morgan fingerprint density at radius 1 is 0.579 bits per heavy atom. The molecule has 0 fully saturated rings. The topological polar surface area (TPSA) is 57.5 Å². The third kappa shape index (κ3) is 7.27. The molecule has 0 aliphatic carbocycles. The van der Waals surface area contributed by atoms with Crippen LogP contribution in [0.5, 0.6) is 11.5 Å². The van der Waals surface area contributed by atoms with Gasteiger partial charge in [-0.3, -0.25) is 4.79 Å². The van der Waals surface area contributed by atoms with E-state index in [1.165, 1.54) is 0 Å². The van der Waals surface area contributed by atoms with Crippen molar-refractivity contribution in [1.82, 2.24) is 0 Å². The summed E-state index contributed by atoms with van der Waals surface area (Å²) >= 11 is 4.66. The number of phenols is 2. The Morgan fingerprint density at radius 2 is 0.789 bits per heavy atom. The van der Waals surface area contributed by atoms with Crippen LogP contribution < -0.4 is 0 Å². The number of aromatic hydroxyl groups is 2. The van der Waals surface area contributed by atoms with Crippen molar-refractivity contribution in [2.45, 2.75) is 117 Å². The van der Waals surface area contributed by atoms with Crippen LogP contribution in [0.15, 0.2) is 24.3 Å². The number of ketones is 1. The van der Waals surface area contributed by atoms with Gasteiger partial charge in [-0.2, -0.15) is 0 Å². The summed E-state index contributed by atoms with van der Waals surface area (Å²) < 4.78 is 1.30. The molecule has 2 rings (SSSR count). The summed E-state index contributed by atoms with van der Waals surface area (Å²) in [5.74, 6) is 0.250. The number of hydrogen-bond donors (Lipinski definition) is 2. The van der Waals surface area contributed by atoms with E-state index in [-0.39, 0.29) is 39.3 Å². The number of halogens is 2. The van der Waals surface area contributed by atoms with E-state index in [1.54, 1.807) is 0 Å². The van der Waals surface area contributed by atoms with Gasteiger partial charge < -0.3 is 10.2 Å². The highest BCUT2D eigenvalue weighted by molar-refractivity contribution is 14.1. The number of Topliss-reactive ketones (excluding diaryl/α,β-unsaturated/α-hetero) is 1. The lowest BCUT2D eigenvalue weighted by atomic mass is 9.74. The number of phenolic OH excluding ortho intramolecular Hbond substituents is 2. The van der Waals surface area contributed by atoms with Crippen LogP contribution in [0.2, 0.25) is 0 Å². The fourth-order valence-electron chi connectivity index (χ4n) is 4.90. The van der Waals surface area contributed by atoms with Crippen LogP contribution in [0.1, 0.15) is 128 Å². The summed E-state index contributed by atoms with van der Waals surface area (Å²) in [5, 5.41) is 22.5. The molecule has 3 nitrogen and oxygen atoms in total. The highest BCUT2D eigenvalue weighted by atomic mass is 127. The zero-order valence-electron chi connectivity index (χ0n) is 25.4. The monoisotopic (exact) mass is 746 g/mol. The van der Waals surface area contributed by atoms with E-state index in [0.29, 0.717) is 20.4 Å². The minimum Gasteiger partial charge on any atom is -0.507 e. The van der Waals surface area contributed by atoms with Crippen molar-refractivity contribution in [2.75, 3.05) is 8.86 Å². The lowest BCUT2D eigenvalue weighted by Gasteiger charge is -2.31. The molecule has 0 saturated carbocycles. The second kappa shape index (κ2) is 11.6. The average Bonchev–Trinajstić information content (AvgIpc) is 2.73. The van der Waals surface area contributed by atoms with Crippen LogP contribution in [-0.4, -0.2) is 24.9 Å². The second-order valence-electron chi connectivity index (χ2n) is 14.7. The third-order valence-electron chi connectivity index (χ3n) is 7.30. The standard InChI is InChI=1S/C33H48I2O3/c1-30(2,3)23-13-19(14-24(28(23)37)31(4,5)6)21(17-34)27(36)22(18-35)20-15-25(32(7,8)9)29(38)26(16-20)33(10,11)12/h13-16,21-22,37-38H,17-18H2,1-12H3. The second-order valence-corrected chi connectivity index (χ2v) is 16.5. The molecule has 212 valence electrons. The van der Waals surface area contributed by atoms with Crippen molar-refractivity contribution in [3.63, 3.8) is 0 Å². The number of benzene rings is 2. The molecule has 0 radical (unpaired) electrons. The molecular weight excluding hydrogens is 698 g/mol. The van der Waals surface area contributed by atoms with E-state index < -0.39 is 0 Å². The number of carbonyl (C=O) groups excluding carboxylic acids is 1. The van der Waals surface area contributed by atoms with Gasteiger partial charge in [0, 0.05) is 8.86 Å². The first-order chi connectivity index (χ1) is 17.1. The summed E-state index contributed by atoms with van der Waals surface area (Å²) in [6, 6.07) is 8.20. The van der Waals surface area contributed by atoms with Gasteiger partial charge in [-0.05, 0) is 55.0 Å². The van der Waals surface area contributed by atoms with Crippen molar-refractivity contribution < 1.29 is 15.0 Å². The lowest BCUT2D eigenvalue weighted by Crippen LogP contribution is -2.26. The van der Waals surface area contributed by atoms with Gasteiger partial charge in [0.15, 0.2) is 0 Å². The molecule has 0 spiro atoms. The van der Waals surface area contributed by atoms with Gasteiger partial charge in [-0.15, -0.1) is 0 Å². The largest absolute Gasteiger partial charge is 0.507 e. The lowest BCUT2D eigenvalue weighted by molar-refractivity contribution is -0.120. The van der Waals surface area contributed by atoms with E-state index in [9.17, 15) is 15.0 Å². The summed E-state index contributed by atoms with van der Waals surface area (Å²) in [7, 11) is 0. The number of rotatable bonds is 6. The molecule has 38 heavy (non-hydrogen) atoms. The fraction of sp³-hybridized carbons (Fsp3) is 0.606. The van der Waals surface area contributed by atoms with E-state index in [2.05, 4.69) is 128 Å². The maximum absolute atomic E-state index is 14.4. The molecule has 0 aliphatic heterocycles. The molecule has 2 aromatic rings. The van der Waals surface area contributed by atoms with E-state index >= 15 is 0 Å². The van der Waals surface area contributed by atoms with Crippen LogP contribution in [0, 0.1) is 0 Å². The van der Waals surface area contributed by atoms with Gasteiger partial charge in [0.1, 0.15) is 17.3 Å². The molecule has 2 unspecified atom stereocenters. The smallest absolute Gasteiger partial charge is 0.149 e. The van der Waals surface area contributed by atoms with Crippen LogP contribution in [0.25, 0.3) is 0 Å². The quantitative estimate of drug-likeness (QED) is 0.229. The first-order valence-corrected chi connectivity index (χ1v) is 16.5. The molecular formula is C33H48I2O3. The molecule has 0 bridgehead atoms. The van der Waals surface area contributed by atoms with Crippen molar-refractivity contribution >= 4 is 51.0 Å². The first kappa shape index (κ1) is 33.4. The molecule has 0 aromatic heterocycles. The molecule has 5 heteroatoms. The van der Waals surface area contributed by atoms with Gasteiger partial charge in [-0.1, -0.05) is 153 Å². The SMILES string of the molecule is CC(C)(C)c1cc(C(CI)C(=O)C(CI)c2cc(C(C)(C)C)c(O)c(C(C)(C)C)c2)cc(C(C)(C)C)c1O.